The second-order valence-corrected chi connectivity index (χ2v) is 6.71. The molecule has 1 amide bonds. The van der Waals surface area contributed by atoms with Crippen LogP contribution in [0.15, 0.2) is 52.9 Å². The van der Waals surface area contributed by atoms with E-state index >= 15 is 0 Å². The summed E-state index contributed by atoms with van der Waals surface area (Å²) >= 11 is 0. The minimum atomic E-state index is -0.641. The molecular formula is C22H21N3O5. The van der Waals surface area contributed by atoms with Crippen molar-refractivity contribution in [3.05, 3.63) is 65.2 Å². The predicted octanol–water partition coefficient (Wildman–Crippen LogP) is 3.50. The number of Topliss-reactive ketones (excluding diaryl/α,β-unsaturated/α-hetero) is 1. The molecule has 30 heavy (non-hydrogen) atoms. The number of hydrogen-bond donors (Lipinski definition) is 1. The molecular weight excluding hydrogens is 386 g/mol. The minimum absolute atomic E-state index is 0.00699. The number of esters is 1. The highest BCUT2D eigenvalue weighted by atomic mass is 16.5. The van der Waals surface area contributed by atoms with Crippen LogP contribution < -0.4 is 5.32 Å². The highest BCUT2D eigenvalue weighted by molar-refractivity contribution is 5.98. The molecule has 0 fully saturated rings. The number of hydrogen-bond acceptors (Lipinski definition) is 7. The van der Waals surface area contributed by atoms with Gasteiger partial charge in [0, 0.05) is 17.5 Å². The number of benzene rings is 2. The third kappa shape index (κ3) is 5.60. The van der Waals surface area contributed by atoms with Gasteiger partial charge < -0.3 is 9.15 Å². The summed E-state index contributed by atoms with van der Waals surface area (Å²) < 4.78 is 10.3. The monoisotopic (exact) mass is 407 g/mol. The molecule has 8 heteroatoms. The van der Waals surface area contributed by atoms with E-state index in [1.165, 1.54) is 0 Å². The van der Waals surface area contributed by atoms with Crippen LogP contribution in [0.2, 0.25) is 0 Å². The number of anilines is 1. The molecule has 3 aromatic rings. The number of nitrogens with one attached hydrogen (secondary N) is 1. The van der Waals surface area contributed by atoms with E-state index in [1.54, 1.807) is 24.3 Å². The van der Waals surface area contributed by atoms with E-state index in [2.05, 4.69) is 15.5 Å². The zero-order valence-electron chi connectivity index (χ0n) is 16.7. The van der Waals surface area contributed by atoms with Crippen molar-refractivity contribution in [2.45, 2.75) is 26.7 Å². The van der Waals surface area contributed by atoms with Gasteiger partial charge in [-0.05, 0) is 43.2 Å². The zero-order chi connectivity index (χ0) is 21.5. The largest absolute Gasteiger partial charge is 0.456 e. The van der Waals surface area contributed by atoms with Crippen LogP contribution in [0.5, 0.6) is 0 Å². The number of ketones is 1. The Morgan fingerprint density at radius 1 is 0.967 bits per heavy atom. The van der Waals surface area contributed by atoms with Crippen molar-refractivity contribution in [2.75, 3.05) is 11.9 Å². The third-order valence-electron chi connectivity index (χ3n) is 4.44. The Morgan fingerprint density at radius 2 is 1.73 bits per heavy atom. The summed E-state index contributed by atoms with van der Waals surface area (Å²) in [7, 11) is 0. The van der Waals surface area contributed by atoms with E-state index in [-0.39, 0.29) is 30.5 Å². The van der Waals surface area contributed by atoms with Crippen molar-refractivity contribution in [3.8, 4) is 11.5 Å². The lowest BCUT2D eigenvalue weighted by atomic mass is 10.0. The number of aryl methyl sites for hydroxylation is 2. The summed E-state index contributed by atoms with van der Waals surface area (Å²) in [6, 6.07) is 14.4. The summed E-state index contributed by atoms with van der Waals surface area (Å²) in [5, 5.41) is 9.95. The number of nitrogens with zero attached hydrogens (tertiary/aromatic N) is 2. The molecule has 0 aliphatic heterocycles. The van der Waals surface area contributed by atoms with E-state index < -0.39 is 18.5 Å². The molecule has 154 valence electrons. The maximum absolute atomic E-state index is 12.2. The number of carbonyl (C=O) groups is 3. The van der Waals surface area contributed by atoms with E-state index in [0.717, 1.165) is 11.1 Å². The van der Waals surface area contributed by atoms with E-state index in [0.29, 0.717) is 11.1 Å². The van der Waals surface area contributed by atoms with Gasteiger partial charge in [-0.2, -0.15) is 0 Å². The summed E-state index contributed by atoms with van der Waals surface area (Å²) in [5.41, 5.74) is 3.37. The number of amides is 1. The molecule has 1 N–H and O–H groups in total. The van der Waals surface area contributed by atoms with E-state index in [1.807, 2.05) is 38.1 Å². The fraction of sp³-hybridized carbons (Fsp3) is 0.227. The van der Waals surface area contributed by atoms with Crippen LogP contribution in [-0.2, 0) is 14.3 Å². The Balaban J connectivity index is 1.42. The fourth-order valence-corrected chi connectivity index (χ4v) is 2.62. The third-order valence-corrected chi connectivity index (χ3v) is 4.44. The molecule has 0 aliphatic carbocycles. The van der Waals surface area contributed by atoms with Crippen molar-refractivity contribution in [2.24, 2.45) is 0 Å². The molecule has 0 atom stereocenters. The molecule has 3 rings (SSSR count). The lowest BCUT2D eigenvalue weighted by Crippen LogP contribution is -2.21. The predicted molar refractivity (Wildman–Crippen MR) is 109 cm³/mol. The van der Waals surface area contributed by atoms with Crippen molar-refractivity contribution in [1.29, 1.82) is 0 Å². The molecule has 0 bridgehead atoms. The van der Waals surface area contributed by atoms with Crippen LogP contribution in [-0.4, -0.2) is 34.5 Å². The number of carbonyl (C=O) groups excluding carboxylic acids is 3. The van der Waals surface area contributed by atoms with Crippen LogP contribution in [0.25, 0.3) is 11.5 Å². The first-order chi connectivity index (χ1) is 14.4. The van der Waals surface area contributed by atoms with Crippen LogP contribution in [0, 0.1) is 13.8 Å². The Kier molecular flexibility index (Phi) is 6.69. The summed E-state index contributed by atoms with van der Waals surface area (Å²) in [6.45, 7) is 3.37. The molecule has 1 aromatic heterocycles. The maximum Gasteiger partial charge on any atom is 0.322 e. The minimum Gasteiger partial charge on any atom is -0.456 e. The average Bonchev–Trinajstić information content (AvgIpc) is 3.21. The van der Waals surface area contributed by atoms with Crippen LogP contribution in [0.3, 0.4) is 0 Å². The van der Waals surface area contributed by atoms with Crippen LogP contribution >= 0.6 is 0 Å². The van der Waals surface area contributed by atoms with Gasteiger partial charge >= 0.3 is 12.0 Å². The standard InChI is InChI=1S/C22H21N3O5/c1-14-8-9-17(12-15(14)2)18(26)10-11-20(28)29-13-19(27)23-22-25-24-21(30-22)16-6-4-3-5-7-16/h3-9,12H,10-11,13H2,1-2H3,(H,23,25,27). The van der Waals surface area contributed by atoms with Crippen molar-refractivity contribution >= 4 is 23.7 Å². The quantitative estimate of drug-likeness (QED) is 0.449. The second-order valence-electron chi connectivity index (χ2n) is 6.71. The van der Waals surface area contributed by atoms with Gasteiger partial charge in [0.25, 0.3) is 5.91 Å². The van der Waals surface area contributed by atoms with Crippen LogP contribution in [0.4, 0.5) is 6.01 Å². The van der Waals surface area contributed by atoms with Crippen molar-refractivity contribution in [3.63, 3.8) is 0 Å². The van der Waals surface area contributed by atoms with Gasteiger partial charge in [-0.1, -0.05) is 35.4 Å². The Morgan fingerprint density at radius 3 is 2.47 bits per heavy atom. The van der Waals surface area contributed by atoms with Gasteiger partial charge in [0.1, 0.15) is 0 Å². The normalized spacial score (nSPS) is 10.5. The Hall–Kier alpha value is -3.81. The SMILES string of the molecule is Cc1ccc(C(=O)CCC(=O)OCC(=O)Nc2nnc(-c3ccccc3)o2)cc1C. The summed E-state index contributed by atoms with van der Waals surface area (Å²) in [4.78, 5) is 35.9. The molecule has 0 unspecified atom stereocenters. The van der Waals surface area contributed by atoms with Crippen LogP contribution in [0.1, 0.15) is 34.3 Å². The lowest BCUT2D eigenvalue weighted by Gasteiger charge is -2.06. The average molecular weight is 407 g/mol. The first-order valence-corrected chi connectivity index (χ1v) is 9.37. The number of aromatic nitrogens is 2. The first-order valence-electron chi connectivity index (χ1n) is 9.37. The molecule has 0 saturated carbocycles. The fourth-order valence-electron chi connectivity index (χ4n) is 2.62. The Bertz CT molecular complexity index is 1060. The lowest BCUT2D eigenvalue weighted by molar-refractivity contribution is -0.147. The van der Waals surface area contributed by atoms with Gasteiger partial charge in [-0.25, -0.2) is 0 Å². The van der Waals surface area contributed by atoms with Gasteiger partial charge in [-0.3, -0.25) is 19.7 Å². The summed E-state index contributed by atoms with van der Waals surface area (Å²) in [6.07, 6.45) is -0.106. The molecule has 1 heterocycles. The van der Waals surface area contributed by atoms with Gasteiger partial charge in [0.2, 0.25) is 5.89 Å². The van der Waals surface area contributed by atoms with Gasteiger partial charge in [-0.15, -0.1) is 5.10 Å². The zero-order valence-corrected chi connectivity index (χ0v) is 16.7. The molecule has 8 nitrogen and oxygen atoms in total. The Labute approximate surface area is 173 Å². The number of rotatable bonds is 8. The van der Waals surface area contributed by atoms with E-state index in [9.17, 15) is 14.4 Å². The smallest absolute Gasteiger partial charge is 0.322 e. The van der Waals surface area contributed by atoms with Crippen molar-refractivity contribution < 1.29 is 23.5 Å². The molecule has 0 saturated heterocycles. The topological polar surface area (TPSA) is 111 Å². The molecule has 0 radical (unpaired) electrons. The van der Waals surface area contributed by atoms with Gasteiger partial charge in [0.15, 0.2) is 12.4 Å². The van der Waals surface area contributed by atoms with E-state index in [4.69, 9.17) is 9.15 Å². The molecule has 0 aliphatic rings. The maximum atomic E-state index is 12.2. The highest BCUT2D eigenvalue weighted by Gasteiger charge is 2.15. The first kappa shape index (κ1) is 20.9. The molecule has 2 aromatic carbocycles. The number of ether oxygens (including phenoxy) is 1. The van der Waals surface area contributed by atoms with Gasteiger partial charge in [0.05, 0.1) is 6.42 Å². The summed E-state index contributed by atoms with van der Waals surface area (Å²) in [5.74, 6) is -1.16. The second kappa shape index (κ2) is 9.60. The molecule has 0 spiro atoms. The highest BCUT2D eigenvalue weighted by Crippen LogP contribution is 2.19. The van der Waals surface area contributed by atoms with Crippen molar-refractivity contribution in [1.82, 2.24) is 10.2 Å².